The van der Waals surface area contributed by atoms with E-state index in [1.54, 1.807) is 11.8 Å². The third kappa shape index (κ3) is 5.09. The van der Waals surface area contributed by atoms with E-state index < -0.39 is 0 Å². The second-order valence-electron chi connectivity index (χ2n) is 9.33. The van der Waals surface area contributed by atoms with Gasteiger partial charge in [0.05, 0.1) is 5.76 Å². The minimum atomic E-state index is -0.125. The third-order valence-corrected chi connectivity index (χ3v) is 6.50. The molecule has 2 aromatic carbocycles. The molecule has 4 nitrogen and oxygen atoms in total. The van der Waals surface area contributed by atoms with Gasteiger partial charge in [0.1, 0.15) is 0 Å². The minimum Gasteiger partial charge on any atom is -0.512 e. The molecule has 0 amide bonds. The van der Waals surface area contributed by atoms with Crippen molar-refractivity contribution in [3.8, 4) is 11.3 Å². The fourth-order valence-corrected chi connectivity index (χ4v) is 5.12. The number of allylic oxidation sites excluding steroid dienone is 2. The van der Waals surface area contributed by atoms with Gasteiger partial charge < -0.3 is 10.1 Å². The fourth-order valence-electron chi connectivity index (χ4n) is 4.08. The molecule has 0 fully saturated rings. The number of pyridine rings is 2. The number of aliphatic hydroxyl groups excluding tert-OH is 1. The van der Waals surface area contributed by atoms with Crippen molar-refractivity contribution in [3.05, 3.63) is 71.6 Å². The molecular formula is C28H27IrN2O2S-. The Hall–Kier alpha value is -2.53. The van der Waals surface area contributed by atoms with Crippen LogP contribution in [0.4, 0.5) is 0 Å². The molecule has 1 radical (unpaired) electrons. The first-order chi connectivity index (χ1) is 15.6. The van der Waals surface area contributed by atoms with Crippen LogP contribution in [0.3, 0.4) is 0 Å². The number of ketones is 1. The van der Waals surface area contributed by atoms with Crippen LogP contribution in [0.25, 0.3) is 32.9 Å². The molecule has 1 aliphatic heterocycles. The summed E-state index contributed by atoms with van der Waals surface area (Å²) in [6.45, 7) is 11.8. The summed E-state index contributed by atoms with van der Waals surface area (Å²) in [5, 5.41) is 13.0. The Kier molecular flexibility index (Phi) is 7.66. The molecule has 1 N–H and O–H groups in total. The van der Waals surface area contributed by atoms with Gasteiger partial charge in [-0.2, -0.15) is 0 Å². The smallest absolute Gasteiger partial charge is 0.155 e. The average Bonchev–Trinajstić information content (AvgIpc) is 2.73. The zero-order chi connectivity index (χ0) is 23.9. The number of aryl methyl sites for hydroxylation is 1. The van der Waals surface area contributed by atoms with Crippen LogP contribution in [0.1, 0.15) is 45.7 Å². The predicted molar refractivity (Wildman–Crippen MR) is 136 cm³/mol. The van der Waals surface area contributed by atoms with E-state index in [0.717, 1.165) is 27.2 Å². The fraction of sp³-hybridized carbons (Fsp3) is 0.250. The van der Waals surface area contributed by atoms with Gasteiger partial charge in [-0.15, -0.1) is 23.9 Å². The standard InChI is InChI=1S/C23H19N2S.C5H8O2.Ir/c1-13-12-24-21-15-11-14-7-5-6-8-17(14)25-22(15)26-18-10-9-16(23(2,3)4)19(13)20(18)21;1-4(6)3-5(2)7;/h5-10,12H,1-4H3;3,6H,1-2H3;/q-1;;/b;4-3-;. The number of fused-ring (bicyclic) bond motifs is 3. The molecule has 6 heteroatoms. The molecule has 177 valence electrons. The zero-order valence-corrected chi connectivity index (χ0v) is 23.3. The van der Waals surface area contributed by atoms with Crippen molar-refractivity contribution in [1.82, 2.24) is 9.97 Å². The Morgan fingerprint density at radius 1 is 1.09 bits per heavy atom. The van der Waals surface area contributed by atoms with E-state index in [2.05, 4.69) is 52.0 Å². The van der Waals surface area contributed by atoms with Crippen LogP contribution in [0.15, 0.2) is 64.4 Å². The molecule has 34 heavy (non-hydrogen) atoms. The van der Waals surface area contributed by atoms with Crippen LogP contribution in [-0.2, 0) is 30.3 Å². The van der Waals surface area contributed by atoms with Crippen LogP contribution >= 0.6 is 11.8 Å². The first kappa shape index (κ1) is 26.1. The van der Waals surface area contributed by atoms with Crippen molar-refractivity contribution in [2.75, 3.05) is 0 Å². The van der Waals surface area contributed by atoms with E-state index in [4.69, 9.17) is 15.1 Å². The summed E-state index contributed by atoms with van der Waals surface area (Å²) in [6, 6.07) is 16.3. The second-order valence-corrected chi connectivity index (χ2v) is 10.4. The van der Waals surface area contributed by atoms with Crippen molar-refractivity contribution in [2.24, 2.45) is 0 Å². The SMILES string of the molecule is CC(=O)/C=C(/C)O.Cc1cnc2c3c(ccc(C(C)(C)C)c13)Sc1nc3ccccc3[c-]c1-2.[Ir]. The first-order valence-electron chi connectivity index (χ1n) is 10.9. The Morgan fingerprint density at radius 3 is 2.41 bits per heavy atom. The van der Waals surface area contributed by atoms with Gasteiger partial charge in [-0.05, 0) is 59.7 Å². The van der Waals surface area contributed by atoms with E-state index >= 15 is 0 Å². The number of hydrogen-bond acceptors (Lipinski definition) is 5. The number of carbonyl (C=O) groups excluding carboxylic acids is 1. The van der Waals surface area contributed by atoms with Gasteiger partial charge in [0, 0.05) is 48.0 Å². The monoisotopic (exact) mass is 648 g/mol. The Labute approximate surface area is 218 Å². The van der Waals surface area contributed by atoms with Crippen LogP contribution in [0.5, 0.6) is 0 Å². The summed E-state index contributed by atoms with van der Waals surface area (Å²) < 4.78 is 0. The maximum Gasteiger partial charge on any atom is 0.155 e. The number of nitrogens with zero attached hydrogens (tertiary/aromatic N) is 2. The van der Waals surface area contributed by atoms with E-state index in [9.17, 15) is 4.79 Å². The molecule has 1 aliphatic rings. The van der Waals surface area contributed by atoms with Gasteiger partial charge in [0.25, 0.3) is 0 Å². The minimum absolute atomic E-state index is 0. The van der Waals surface area contributed by atoms with Crippen molar-refractivity contribution in [2.45, 2.75) is 56.9 Å². The quantitative estimate of drug-likeness (QED) is 0.117. The van der Waals surface area contributed by atoms with E-state index in [1.807, 2.05) is 24.4 Å². The summed E-state index contributed by atoms with van der Waals surface area (Å²) in [6.07, 6.45) is 3.17. The summed E-state index contributed by atoms with van der Waals surface area (Å²) >= 11 is 1.74. The van der Waals surface area contributed by atoms with E-state index in [0.29, 0.717) is 0 Å². The number of aromatic nitrogens is 2. The molecule has 0 spiro atoms. The number of carbonyl (C=O) groups is 1. The molecule has 0 saturated heterocycles. The van der Waals surface area contributed by atoms with Gasteiger partial charge in [-0.1, -0.05) is 56.0 Å². The number of benzene rings is 2. The molecule has 0 bridgehead atoms. The van der Waals surface area contributed by atoms with Crippen molar-refractivity contribution in [1.29, 1.82) is 0 Å². The molecule has 2 aromatic heterocycles. The summed E-state index contributed by atoms with van der Waals surface area (Å²) in [4.78, 5) is 21.0. The Bertz CT molecular complexity index is 1430. The van der Waals surface area contributed by atoms with Crippen LogP contribution in [-0.4, -0.2) is 20.9 Å². The number of hydrogen-bond donors (Lipinski definition) is 1. The van der Waals surface area contributed by atoms with Crippen LogP contribution in [0.2, 0.25) is 0 Å². The van der Waals surface area contributed by atoms with Crippen molar-refractivity contribution >= 4 is 39.2 Å². The summed E-state index contributed by atoms with van der Waals surface area (Å²) in [5.41, 5.74) is 5.70. The molecule has 4 aromatic rings. The van der Waals surface area contributed by atoms with Crippen LogP contribution in [0, 0.1) is 13.0 Å². The third-order valence-electron chi connectivity index (χ3n) is 5.45. The van der Waals surface area contributed by atoms with Crippen LogP contribution < -0.4 is 0 Å². The predicted octanol–water partition coefficient (Wildman–Crippen LogP) is 7.36. The van der Waals surface area contributed by atoms with Gasteiger partial charge in [0.15, 0.2) is 5.78 Å². The maximum atomic E-state index is 10.0. The number of rotatable bonds is 1. The topological polar surface area (TPSA) is 63.1 Å². The van der Waals surface area contributed by atoms with Crippen molar-refractivity contribution in [3.63, 3.8) is 0 Å². The van der Waals surface area contributed by atoms with Gasteiger partial charge >= 0.3 is 0 Å². The number of para-hydroxylation sites is 1. The largest absolute Gasteiger partial charge is 0.512 e. The Balaban J connectivity index is 0.000000357. The Morgan fingerprint density at radius 2 is 1.79 bits per heavy atom. The zero-order valence-electron chi connectivity index (χ0n) is 20.1. The summed E-state index contributed by atoms with van der Waals surface area (Å²) in [5.74, 6) is -0.0625. The van der Waals surface area contributed by atoms with Crippen molar-refractivity contribution < 1.29 is 30.0 Å². The molecule has 0 aliphatic carbocycles. The molecule has 0 unspecified atom stereocenters. The average molecular weight is 648 g/mol. The second kappa shape index (κ2) is 9.99. The molecule has 3 heterocycles. The molecular weight excluding hydrogens is 621 g/mol. The van der Waals surface area contributed by atoms with E-state index in [-0.39, 0.29) is 37.1 Å². The number of aliphatic hydroxyl groups is 1. The van der Waals surface area contributed by atoms with Gasteiger partial charge in [-0.25, -0.2) is 0 Å². The van der Waals surface area contributed by atoms with Gasteiger partial charge in [0.2, 0.25) is 0 Å². The normalized spacial score (nSPS) is 12.5. The van der Waals surface area contributed by atoms with Gasteiger partial charge in [-0.3, -0.25) is 9.78 Å². The summed E-state index contributed by atoms with van der Waals surface area (Å²) in [7, 11) is 0. The van der Waals surface area contributed by atoms with E-state index in [1.165, 1.54) is 46.7 Å². The first-order valence-corrected chi connectivity index (χ1v) is 11.7. The molecule has 0 saturated carbocycles. The molecule has 5 rings (SSSR count). The maximum absolute atomic E-state index is 10.0. The molecule has 0 atom stereocenters.